The number of benzene rings is 1. The molecule has 0 aliphatic rings. The molecule has 0 atom stereocenters. The van der Waals surface area contributed by atoms with Gasteiger partial charge in [0.1, 0.15) is 5.82 Å². The Labute approximate surface area is 169 Å². The minimum Gasteiger partial charge on any atom is -0.318 e. The van der Waals surface area contributed by atoms with Gasteiger partial charge in [0, 0.05) is 28.8 Å². The zero-order chi connectivity index (χ0) is 20.5. The van der Waals surface area contributed by atoms with E-state index in [1.165, 1.54) is 6.07 Å². The van der Waals surface area contributed by atoms with Gasteiger partial charge < -0.3 is 4.57 Å². The second-order valence-electron chi connectivity index (χ2n) is 6.06. The number of halogens is 5. The van der Waals surface area contributed by atoms with E-state index in [1.807, 2.05) is 30.5 Å². The zero-order valence-corrected chi connectivity index (χ0v) is 16.4. The molecule has 0 aliphatic carbocycles. The Morgan fingerprint density at radius 2 is 1.82 bits per heavy atom. The normalized spacial score (nSPS) is 12.0. The first-order valence-corrected chi connectivity index (χ1v) is 8.89. The van der Waals surface area contributed by atoms with E-state index < -0.39 is 11.7 Å². The van der Waals surface area contributed by atoms with E-state index in [9.17, 15) is 13.2 Å². The molecular formula is C19H15Cl2F3N4. The lowest BCUT2D eigenvalue weighted by molar-refractivity contribution is -0.137. The molecule has 3 rings (SSSR count). The molecule has 2 aromatic heterocycles. The molecule has 9 heteroatoms. The molecule has 0 aliphatic heterocycles. The fourth-order valence-corrected chi connectivity index (χ4v) is 3.03. The number of anilines is 1. The third-order valence-electron chi connectivity index (χ3n) is 4.11. The molecule has 0 fully saturated rings. The van der Waals surface area contributed by atoms with Gasteiger partial charge in [0.05, 0.1) is 21.8 Å². The monoisotopic (exact) mass is 426 g/mol. The number of rotatable bonds is 4. The fourth-order valence-electron chi connectivity index (χ4n) is 2.74. The van der Waals surface area contributed by atoms with Crippen LogP contribution in [0.5, 0.6) is 0 Å². The summed E-state index contributed by atoms with van der Waals surface area (Å²) in [5.74, 6) is 0.211. The van der Waals surface area contributed by atoms with Crippen LogP contribution in [0.4, 0.5) is 19.0 Å². The highest BCUT2D eigenvalue weighted by atomic mass is 35.5. The standard InChI is InChI=1S/C19H15Cl2F3N4/c1-11-7-13(12(2)28(11)15-4-5-16(20)17(21)8-15)9-26-27-18-6-3-14(10-25-18)19(22,23)24/h3-10H,1-2H3,(H,25,27)/b26-9+. The molecule has 0 spiro atoms. The lowest BCUT2D eigenvalue weighted by Crippen LogP contribution is -2.05. The number of hydrogen-bond acceptors (Lipinski definition) is 3. The molecule has 0 saturated heterocycles. The number of nitrogens with zero attached hydrogens (tertiary/aromatic N) is 3. The van der Waals surface area contributed by atoms with E-state index >= 15 is 0 Å². The third kappa shape index (κ3) is 4.31. The minimum absolute atomic E-state index is 0.211. The van der Waals surface area contributed by atoms with Crippen molar-refractivity contribution in [3.8, 4) is 5.69 Å². The lowest BCUT2D eigenvalue weighted by atomic mass is 10.2. The average Bonchev–Trinajstić information content (AvgIpc) is 2.91. The highest BCUT2D eigenvalue weighted by Crippen LogP contribution is 2.29. The molecule has 0 unspecified atom stereocenters. The van der Waals surface area contributed by atoms with Crippen molar-refractivity contribution in [3.05, 3.63) is 75.2 Å². The van der Waals surface area contributed by atoms with Crippen molar-refractivity contribution >= 4 is 35.2 Å². The first-order valence-electron chi connectivity index (χ1n) is 8.13. The van der Waals surface area contributed by atoms with Gasteiger partial charge in [-0.05, 0) is 50.2 Å². The number of pyridine rings is 1. The van der Waals surface area contributed by atoms with Crippen molar-refractivity contribution in [3.63, 3.8) is 0 Å². The summed E-state index contributed by atoms with van der Waals surface area (Å²) in [7, 11) is 0. The Hall–Kier alpha value is -2.51. The molecule has 1 N–H and O–H groups in total. The summed E-state index contributed by atoms with van der Waals surface area (Å²) in [6.45, 7) is 3.87. The Morgan fingerprint density at radius 1 is 1.07 bits per heavy atom. The summed E-state index contributed by atoms with van der Waals surface area (Å²) in [4.78, 5) is 3.71. The largest absolute Gasteiger partial charge is 0.417 e. The quantitative estimate of drug-likeness (QED) is 0.395. The molecule has 0 radical (unpaired) electrons. The summed E-state index contributed by atoms with van der Waals surface area (Å²) >= 11 is 12.1. The summed E-state index contributed by atoms with van der Waals surface area (Å²) in [6, 6.07) is 9.46. The van der Waals surface area contributed by atoms with E-state index in [-0.39, 0.29) is 5.82 Å². The van der Waals surface area contributed by atoms with E-state index in [4.69, 9.17) is 23.2 Å². The van der Waals surface area contributed by atoms with Crippen molar-refractivity contribution in [2.75, 3.05) is 5.43 Å². The molecule has 4 nitrogen and oxygen atoms in total. The van der Waals surface area contributed by atoms with Crippen LogP contribution in [0.3, 0.4) is 0 Å². The number of aromatic nitrogens is 2. The number of hydrazone groups is 1. The van der Waals surface area contributed by atoms with Gasteiger partial charge in [0.2, 0.25) is 0 Å². The highest BCUT2D eigenvalue weighted by Gasteiger charge is 2.30. The molecule has 1 aromatic carbocycles. The second kappa shape index (κ2) is 7.85. The van der Waals surface area contributed by atoms with Crippen molar-refractivity contribution < 1.29 is 13.2 Å². The SMILES string of the molecule is Cc1cc(/C=N/Nc2ccc(C(F)(F)F)cn2)c(C)n1-c1ccc(Cl)c(Cl)c1. The van der Waals surface area contributed by atoms with E-state index in [1.54, 1.807) is 18.3 Å². The Morgan fingerprint density at radius 3 is 2.43 bits per heavy atom. The maximum Gasteiger partial charge on any atom is 0.417 e. The number of alkyl halides is 3. The maximum atomic E-state index is 12.6. The first-order chi connectivity index (χ1) is 13.2. The summed E-state index contributed by atoms with van der Waals surface area (Å²) in [6.07, 6.45) is -2.08. The Kier molecular flexibility index (Phi) is 5.67. The molecule has 3 aromatic rings. The summed E-state index contributed by atoms with van der Waals surface area (Å²) in [5, 5.41) is 5.00. The van der Waals surface area contributed by atoms with Gasteiger partial charge in [-0.2, -0.15) is 18.3 Å². The van der Waals surface area contributed by atoms with Gasteiger partial charge in [-0.1, -0.05) is 23.2 Å². The molecular weight excluding hydrogens is 412 g/mol. The van der Waals surface area contributed by atoms with Crippen LogP contribution in [0.1, 0.15) is 22.5 Å². The van der Waals surface area contributed by atoms with Crippen molar-refractivity contribution in [1.29, 1.82) is 0 Å². The van der Waals surface area contributed by atoms with Crippen LogP contribution in [-0.2, 0) is 6.18 Å². The fraction of sp³-hybridized carbons (Fsp3) is 0.158. The van der Waals surface area contributed by atoms with Crippen molar-refractivity contribution in [2.45, 2.75) is 20.0 Å². The zero-order valence-electron chi connectivity index (χ0n) is 14.9. The summed E-state index contributed by atoms with van der Waals surface area (Å²) < 4.78 is 39.7. The van der Waals surface area contributed by atoms with E-state index in [0.717, 1.165) is 34.9 Å². The van der Waals surface area contributed by atoms with Crippen LogP contribution in [0.2, 0.25) is 10.0 Å². The maximum absolute atomic E-state index is 12.6. The predicted molar refractivity (Wildman–Crippen MR) is 106 cm³/mol. The number of aryl methyl sites for hydroxylation is 1. The van der Waals surface area contributed by atoms with E-state index in [0.29, 0.717) is 10.0 Å². The van der Waals surface area contributed by atoms with Crippen molar-refractivity contribution in [1.82, 2.24) is 9.55 Å². The topological polar surface area (TPSA) is 42.2 Å². The molecule has 28 heavy (non-hydrogen) atoms. The van der Waals surface area contributed by atoms with Gasteiger partial charge in [-0.3, -0.25) is 5.43 Å². The summed E-state index contributed by atoms with van der Waals surface area (Å²) in [5.41, 5.74) is 5.39. The van der Waals surface area contributed by atoms with Crippen molar-refractivity contribution in [2.24, 2.45) is 5.10 Å². The van der Waals surface area contributed by atoms with Crippen LogP contribution in [0.15, 0.2) is 47.7 Å². The molecule has 2 heterocycles. The predicted octanol–water partition coefficient (Wildman–Crippen LogP) is 6.26. The smallest absolute Gasteiger partial charge is 0.318 e. The van der Waals surface area contributed by atoms with Crippen LogP contribution in [0.25, 0.3) is 5.69 Å². The number of hydrogen-bond donors (Lipinski definition) is 1. The van der Waals surface area contributed by atoms with Gasteiger partial charge >= 0.3 is 6.18 Å². The average molecular weight is 427 g/mol. The molecule has 146 valence electrons. The Bertz CT molecular complexity index is 1020. The third-order valence-corrected chi connectivity index (χ3v) is 4.84. The van der Waals surface area contributed by atoms with Gasteiger partial charge in [-0.25, -0.2) is 4.98 Å². The van der Waals surface area contributed by atoms with Gasteiger partial charge in [0.25, 0.3) is 0 Å². The molecule has 0 bridgehead atoms. The first kappa shape index (κ1) is 20.2. The molecule has 0 saturated carbocycles. The van der Waals surface area contributed by atoms with Crippen LogP contribution >= 0.6 is 23.2 Å². The minimum atomic E-state index is -4.42. The lowest BCUT2D eigenvalue weighted by Gasteiger charge is -2.10. The van der Waals surface area contributed by atoms with Crippen LogP contribution < -0.4 is 5.43 Å². The number of nitrogens with one attached hydrogen (secondary N) is 1. The highest BCUT2D eigenvalue weighted by molar-refractivity contribution is 6.42. The van der Waals surface area contributed by atoms with Gasteiger partial charge in [0.15, 0.2) is 0 Å². The van der Waals surface area contributed by atoms with Crippen LogP contribution in [-0.4, -0.2) is 15.8 Å². The van der Waals surface area contributed by atoms with Gasteiger partial charge in [-0.15, -0.1) is 0 Å². The second-order valence-corrected chi connectivity index (χ2v) is 6.87. The Balaban J connectivity index is 1.79. The molecule has 0 amide bonds. The van der Waals surface area contributed by atoms with Crippen LogP contribution in [0, 0.1) is 13.8 Å². The van der Waals surface area contributed by atoms with E-state index in [2.05, 4.69) is 15.5 Å².